The molecule has 0 aliphatic carbocycles. The van der Waals surface area contributed by atoms with Gasteiger partial charge in [0, 0.05) is 18.7 Å². The zero-order valence-electron chi connectivity index (χ0n) is 13.4. The monoisotopic (exact) mass is 408 g/mol. The Morgan fingerprint density at radius 3 is 2.76 bits per heavy atom. The lowest BCUT2D eigenvalue weighted by molar-refractivity contribution is 0.412. The van der Waals surface area contributed by atoms with Gasteiger partial charge in [-0.05, 0) is 20.3 Å². The van der Waals surface area contributed by atoms with Crippen molar-refractivity contribution in [2.45, 2.75) is 65.5 Å². The zero-order valence-corrected chi connectivity index (χ0v) is 15.7. The van der Waals surface area contributed by atoms with Gasteiger partial charge in [0.05, 0.1) is 6.54 Å². The number of unbranched alkanes of at least 4 members (excludes halogenated alkanes) is 3. The van der Waals surface area contributed by atoms with Crippen LogP contribution in [0.15, 0.2) is 21.8 Å². The zero-order chi connectivity index (χ0) is 14.6. The lowest BCUT2D eigenvalue weighted by Crippen LogP contribution is -2.42. The molecular weight excluding hydrogens is 379 g/mol. The molecular formula is C15H29IN4O. The van der Waals surface area contributed by atoms with Crippen LogP contribution < -0.4 is 10.6 Å². The van der Waals surface area contributed by atoms with Crippen LogP contribution >= 0.6 is 24.0 Å². The molecule has 0 saturated heterocycles. The summed E-state index contributed by atoms with van der Waals surface area (Å²) in [6, 6.07) is 2.27. The van der Waals surface area contributed by atoms with E-state index in [1.807, 2.05) is 6.07 Å². The molecule has 0 amide bonds. The van der Waals surface area contributed by atoms with E-state index < -0.39 is 0 Å². The van der Waals surface area contributed by atoms with Gasteiger partial charge in [0.2, 0.25) is 0 Å². The summed E-state index contributed by atoms with van der Waals surface area (Å²) in [4.78, 5) is 4.51. The Morgan fingerprint density at radius 2 is 2.14 bits per heavy atom. The summed E-state index contributed by atoms with van der Waals surface area (Å²) in [5, 5.41) is 10.6. The number of rotatable bonds is 9. The molecule has 122 valence electrons. The molecule has 1 unspecified atom stereocenters. The minimum absolute atomic E-state index is 0. The molecule has 0 aromatic carbocycles. The molecule has 21 heavy (non-hydrogen) atoms. The summed E-state index contributed by atoms with van der Waals surface area (Å²) in [5.74, 6) is 0.846. The molecule has 1 rings (SSSR count). The summed E-state index contributed by atoms with van der Waals surface area (Å²) < 4.78 is 4.80. The molecule has 0 bridgehead atoms. The van der Waals surface area contributed by atoms with E-state index >= 15 is 0 Å². The van der Waals surface area contributed by atoms with Gasteiger partial charge in [-0.15, -0.1) is 24.0 Å². The van der Waals surface area contributed by atoms with Crippen LogP contribution in [0.5, 0.6) is 0 Å². The molecule has 1 heterocycles. The van der Waals surface area contributed by atoms with Crippen molar-refractivity contribution in [2.24, 2.45) is 4.99 Å². The van der Waals surface area contributed by atoms with Crippen molar-refractivity contribution in [1.82, 2.24) is 15.8 Å². The summed E-state index contributed by atoms with van der Waals surface area (Å²) in [5.41, 5.74) is 0.845. The van der Waals surface area contributed by atoms with E-state index in [-0.39, 0.29) is 24.0 Å². The Kier molecular flexibility index (Phi) is 12.4. The van der Waals surface area contributed by atoms with Gasteiger partial charge in [-0.2, -0.15) is 0 Å². The predicted octanol–water partition coefficient (Wildman–Crippen LogP) is 3.71. The van der Waals surface area contributed by atoms with Crippen LogP contribution in [0.2, 0.25) is 0 Å². The molecule has 5 nitrogen and oxygen atoms in total. The van der Waals surface area contributed by atoms with Gasteiger partial charge in [-0.3, -0.25) is 0 Å². The quantitative estimate of drug-likeness (QED) is 0.283. The van der Waals surface area contributed by atoms with Crippen LogP contribution in [-0.2, 0) is 6.54 Å². The lowest BCUT2D eigenvalue weighted by atomic mass is 10.1. The fourth-order valence-corrected chi connectivity index (χ4v) is 1.98. The van der Waals surface area contributed by atoms with Crippen LogP contribution in [0.25, 0.3) is 0 Å². The van der Waals surface area contributed by atoms with Crippen molar-refractivity contribution in [2.75, 3.05) is 6.54 Å². The summed E-state index contributed by atoms with van der Waals surface area (Å²) >= 11 is 0. The maximum Gasteiger partial charge on any atom is 0.191 e. The number of nitrogens with one attached hydrogen (secondary N) is 2. The van der Waals surface area contributed by atoms with E-state index in [0.29, 0.717) is 12.6 Å². The SMILES string of the molecule is CCCCCCC(C)NC(=NCc1ccon1)NCC.I. The molecule has 2 N–H and O–H groups in total. The first kappa shape index (κ1) is 20.2. The van der Waals surface area contributed by atoms with Gasteiger partial charge in [-0.25, -0.2) is 4.99 Å². The van der Waals surface area contributed by atoms with E-state index in [4.69, 9.17) is 4.52 Å². The highest BCUT2D eigenvalue weighted by Crippen LogP contribution is 2.05. The molecule has 1 aromatic heterocycles. The molecule has 0 saturated carbocycles. The molecule has 0 spiro atoms. The van der Waals surface area contributed by atoms with Gasteiger partial charge >= 0.3 is 0 Å². The lowest BCUT2D eigenvalue weighted by Gasteiger charge is -2.17. The minimum Gasteiger partial charge on any atom is -0.364 e. The molecule has 1 aromatic rings. The fourth-order valence-electron chi connectivity index (χ4n) is 1.98. The van der Waals surface area contributed by atoms with Crippen molar-refractivity contribution in [3.05, 3.63) is 18.0 Å². The van der Waals surface area contributed by atoms with Crippen LogP contribution in [0.1, 0.15) is 58.6 Å². The third kappa shape index (κ3) is 9.71. The maximum absolute atomic E-state index is 4.80. The molecule has 1 atom stereocenters. The topological polar surface area (TPSA) is 62.5 Å². The normalized spacial score (nSPS) is 12.6. The Hall–Kier alpha value is -0.790. The van der Waals surface area contributed by atoms with E-state index in [1.54, 1.807) is 6.26 Å². The first-order chi connectivity index (χ1) is 9.76. The second kappa shape index (κ2) is 12.9. The van der Waals surface area contributed by atoms with Crippen LogP contribution in [-0.4, -0.2) is 23.7 Å². The average Bonchev–Trinajstić information content (AvgIpc) is 2.94. The van der Waals surface area contributed by atoms with E-state index in [2.05, 4.69) is 41.6 Å². The van der Waals surface area contributed by atoms with Gasteiger partial charge in [0.15, 0.2) is 5.96 Å². The number of aromatic nitrogens is 1. The van der Waals surface area contributed by atoms with Crippen molar-refractivity contribution in [1.29, 1.82) is 0 Å². The summed E-state index contributed by atoms with van der Waals surface area (Å²) in [7, 11) is 0. The average molecular weight is 408 g/mol. The predicted molar refractivity (Wildman–Crippen MR) is 98.1 cm³/mol. The molecule has 6 heteroatoms. The van der Waals surface area contributed by atoms with Crippen LogP contribution in [0.4, 0.5) is 0 Å². The molecule has 0 aliphatic rings. The largest absolute Gasteiger partial charge is 0.364 e. The van der Waals surface area contributed by atoms with Gasteiger partial charge < -0.3 is 15.2 Å². The van der Waals surface area contributed by atoms with Crippen molar-refractivity contribution < 1.29 is 4.52 Å². The number of hydrogen-bond acceptors (Lipinski definition) is 3. The second-order valence-corrected chi connectivity index (χ2v) is 5.08. The maximum atomic E-state index is 4.80. The number of guanidine groups is 1. The third-order valence-electron chi connectivity index (χ3n) is 3.11. The minimum atomic E-state index is 0. The standard InChI is InChI=1S/C15H28N4O.HI/c1-4-6-7-8-9-13(3)18-15(16-5-2)17-12-14-10-11-20-19-14;/h10-11,13H,4-9,12H2,1-3H3,(H2,16,17,18);1H. The number of halogens is 1. The Labute approximate surface area is 145 Å². The fraction of sp³-hybridized carbons (Fsp3) is 0.733. The second-order valence-electron chi connectivity index (χ2n) is 5.08. The van der Waals surface area contributed by atoms with Crippen molar-refractivity contribution >= 4 is 29.9 Å². The van der Waals surface area contributed by atoms with Crippen LogP contribution in [0.3, 0.4) is 0 Å². The highest BCUT2D eigenvalue weighted by molar-refractivity contribution is 14.0. The van der Waals surface area contributed by atoms with Crippen molar-refractivity contribution in [3.63, 3.8) is 0 Å². The highest BCUT2D eigenvalue weighted by Gasteiger charge is 2.05. The number of aliphatic imine (C=N–C) groups is 1. The molecule has 0 aliphatic heterocycles. The van der Waals surface area contributed by atoms with E-state index in [1.165, 1.54) is 32.1 Å². The Balaban J connectivity index is 0.00000400. The molecule has 0 fully saturated rings. The van der Waals surface area contributed by atoms with Crippen molar-refractivity contribution in [3.8, 4) is 0 Å². The van der Waals surface area contributed by atoms with Crippen LogP contribution in [0, 0.1) is 0 Å². The van der Waals surface area contributed by atoms with Gasteiger partial charge in [0.1, 0.15) is 12.0 Å². The third-order valence-corrected chi connectivity index (χ3v) is 3.11. The smallest absolute Gasteiger partial charge is 0.191 e. The first-order valence-corrected chi connectivity index (χ1v) is 7.70. The molecule has 0 radical (unpaired) electrons. The highest BCUT2D eigenvalue weighted by atomic mass is 127. The van der Waals surface area contributed by atoms with Gasteiger partial charge in [-0.1, -0.05) is 37.8 Å². The number of nitrogens with zero attached hydrogens (tertiary/aromatic N) is 2. The summed E-state index contributed by atoms with van der Waals surface area (Å²) in [6.07, 6.45) is 7.94. The number of hydrogen-bond donors (Lipinski definition) is 2. The van der Waals surface area contributed by atoms with Gasteiger partial charge in [0.25, 0.3) is 0 Å². The summed E-state index contributed by atoms with van der Waals surface area (Å²) in [6.45, 7) is 7.90. The van der Waals surface area contributed by atoms with E-state index in [0.717, 1.165) is 18.2 Å². The first-order valence-electron chi connectivity index (χ1n) is 7.70. The Bertz CT molecular complexity index is 368. The Morgan fingerprint density at radius 1 is 1.33 bits per heavy atom. The van der Waals surface area contributed by atoms with E-state index in [9.17, 15) is 0 Å².